The number of hydrazone groups is 1. The maximum atomic E-state index is 11.9. The second kappa shape index (κ2) is 6.81. The SMILES string of the molecule is N#C[C@H](C(=O)N/N=C\c1cccnc1)c1ccccc1. The molecule has 0 saturated carbocycles. The molecular formula is C15H12N4O. The third-order valence-corrected chi connectivity index (χ3v) is 2.60. The first kappa shape index (κ1) is 13.4. The summed E-state index contributed by atoms with van der Waals surface area (Å²) < 4.78 is 0. The summed E-state index contributed by atoms with van der Waals surface area (Å²) in [6, 6.07) is 14.4. The van der Waals surface area contributed by atoms with Gasteiger partial charge in [0.25, 0.3) is 5.91 Å². The molecule has 1 heterocycles. The minimum absolute atomic E-state index is 0.459. The van der Waals surface area contributed by atoms with Crippen LogP contribution in [0, 0.1) is 11.3 Å². The average Bonchev–Trinajstić information content (AvgIpc) is 2.50. The summed E-state index contributed by atoms with van der Waals surface area (Å²) in [6.45, 7) is 0. The molecule has 0 saturated heterocycles. The lowest BCUT2D eigenvalue weighted by atomic mass is 10.0. The van der Waals surface area contributed by atoms with Crippen LogP contribution < -0.4 is 5.43 Å². The van der Waals surface area contributed by atoms with Gasteiger partial charge in [-0.1, -0.05) is 36.4 Å². The summed E-state index contributed by atoms with van der Waals surface area (Å²) in [4.78, 5) is 15.8. The van der Waals surface area contributed by atoms with Gasteiger partial charge in [-0.3, -0.25) is 9.78 Å². The minimum Gasteiger partial charge on any atom is -0.271 e. The third-order valence-electron chi connectivity index (χ3n) is 2.60. The smallest absolute Gasteiger partial charge is 0.261 e. The Labute approximate surface area is 116 Å². The van der Waals surface area contributed by atoms with E-state index in [0.29, 0.717) is 5.56 Å². The number of hydrogen-bond donors (Lipinski definition) is 1. The normalized spacial score (nSPS) is 11.8. The van der Waals surface area contributed by atoms with Gasteiger partial charge in [0.15, 0.2) is 5.92 Å². The predicted octanol–water partition coefficient (Wildman–Crippen LogP) is 1.84. The topological polar surface area (TPSA) is 78.1 Å². The third kappa shape index (κ3) is 3.50. The Bertz CT molecular complexity index is 632. The summed E-state index contributed by atoms with van der Waals surface area (Å²) in [5, 5.41) is 12.9. The van der Waals surface area contributed by atoms with Crippen molar-refractivity contribution in [2.75, 3.05) is 0 Å². The van der Waals surface area contributed by atoms with Gasteiger partial charge in [0.05, 0.1) is 12.3 Å². The molecule has 1 N–H and O–H groups in total. The first-order valence-electron chi connectivity index (χ1n) is 5.99. The molecule has 1 atom stereocenters. The molecule has 0 aliphatic rings. The van der Waals surface area contributed by atoms with E-state index in [-0.39, 0.29) is 0 Å². The first-order chi connectivity index (χ1) is 9.81. The molecule has 0 unspecified atom stereocenters. The Hall–Kier alpha value is -3.00. The van der Waals surface area contributed by atoms with Gasteiger partial charge in [0, 0.05) is 18.0 Å². The molecular weight excluding hydrogens is 252 g/mol. The van der Waals surface area contributed by atoms with Gasteiger partial charge in [-0.2, -0.15) is 10.4 Å². The highest BCUT2D eigenvalue weighted by atomic mass is 16.2. The lowest BCUT2D eigenvalue weighted by Gasteiger charge is -2.06. The standard InChI is InChI=1S/C15H12N4O/c16-9-14(13-6-2-1-3-7-13)15(20)19-18-11-12-5-4-8-17-10-12/h1-8,10-11,14H,(H,19,20)/b18-11-/t14-/m0/s1. The van der Waals surface area contributed by atoms with E-state index < -0.39 is 11.8 Å². The van der Waals surface area contributed by atoms with E-state index in [1.165, 1.54) is 6.21 Å². The summed E-state index contributed by atoms with van der Waals surface area (Å²) in [5.41, 5.74) is 3.77. The molecule has 1 amide bonds. The van der Waals surface area contributed by atoms with Crippen LogP contribution in [0.3, 0.4) is 0 Å². The maximum absolute atomic E-state index is 11.9. The zero-order valence-corrected chi connectivity index (χ0v) is 10.6. The number of hydrogen-bond acceptors (Lipinski definition) is 4. The fourth-order valence-electron chi connectivity index (χ4n) is 1.62. The van der Waals surface area contributed by atoms with Crippen LogP contribution in [0.5, 0.6) is 0 Å². The summed E-state index contributed by atoms with van der Waals surface area (Å²) >= 11 is 0. The number of nitrogens with zero attached hydrogens (tertiary/aromatic N) is 3. The molecule has 20 heavy (non-hydrogen) atoms. The molecule has 0 spiro atoms. The molecule has 1 aromatic heterocycles. The number of pyridine rings is 1. The van der Waals surface area contributed by atoms with Crippen LogP contribution in [0.25, 0.3) is 0 Å². The van der Waals surface area contributed by atoms with Crippen molar-refractivity contribution in [3.05, 3.63) is 66.0 Å². The van der Waals surface area contributed by atoms with Gasteiger partial charge in [-0.05, 0) is 11.6 Å². The fourth-order valence-corrected chi connectivity index (χ4v) is 1.62. The number of benzene rings is 1. The molecule has 2 aromatic rings. The lowest BCUT2D eigenvalue weighted by Crippen LogP contribution is -2.24. The summed E-state index contributed by atoms with van der Waals surface area (Å²) in [7, 11) is 0. The zero-order valence-electron chi connectivity index (χ0n) is 10.6. The van der Waals surface area contributed by atoms with Crippen molar-refractivity contribution in [1.29, 1.82) is 5.26 Å². The van der Waals surface area contributed by atoms with Gasteiger partial charge in [-0.15, -0.1) is 0 Å². The molecule has 0 aliphatic heterocycles. The lowest BCUT2D eigenvalue weighted by molar-refractivity contribution is -0.121. The molecule has 0 fully saturated rings. The number of carbonyl (C=O) groups is 1. The van der Waals surface area contributed by atoms with Crippen molar-refractivity contribution < 1.29 is 4.79 Å². The molecule has 0 radical (unpaired) electrons. The van der Waals surface area contributed by atoms with Crippen molar-refractivity contribution in [2.24, 2.45) is 5.10 Å². The van der Waals surface area contributed by atoms with E-state index in [0.717, 1.165) is 5.56 Å². The van der Waals surface area contributed by atoms with Crippen molar-refractivity contribution in [3.63, 3.8) is 0 Å². The van der Waals surface area contributed by atoms with Gasteiger partial charge >= 0.3 is 0 Å². The van der Waals surface area contributed by atoms with E-state index in [9.17, 15) is 4.79 Å². The van der Waals surface area contributed by atoms with Gasteiger partial charge in [0.2, 0.25) is 0 Å². The highest BCUT2D eigenvalue weighted by Gasteiger charge is 2.19. The van der Waals surface area contributed by atoms with E-state index in [1.807, 2.05) is 18.2 Å². The van der Waals surface area contributed by atoms with Crippen LogP contribution in [-0.2, 0) is 4.79 Å². The number of nitrogens with one attached hydrogen (secondary N) is 1. The molecule has 1 aromatic carbocycles. The van der Waals surface area contributed by atoms with Crippen LogP contribution in [-0.4, -0.2) is 17.1 Å². The zero-order chi connectivity index (χ0) is 14.2. The van der Waals surface area contributed by atoms with E-state index in [1.54, 1.807) is 42.7 Å². The highest BCUT2D eigenvalue weighted by molar-refractivity contribution is 5.87. The monoisotopic (exact) mass is 264 g/mol. The number of amides is 1. The number of nitriles is 1. The second-order valence-electron chi connectivity index (χ2n) is 3.99. The van der Waals surface area contributed by atoms with Crippen LogP contribution in [0.4, 0.5) is 0 Å². The van der Waals surface area contributed by atoms with E-state index in [2.05, 4.69) is 15.5 Å². The number of rotatable bonds is 4. The van der Waals surface area contributed by atoms with Crippen LogP contribution >= 0.6 is 0 Å². The molecule has 0 bridgehead atoms. The van der Waals surface area contributed by atoms with E-state index >= 15 is 0 Å². The Morgan fingerprint density at radius 3 is 2.75 bits per heavy atom. The molecule has 5 heteroatoms. The van der Waals surface area contributed by atoms with Crippen LogP contribution in [0.15, 0.2) is 60.0 Å². The average molecular weight is 264 g/mol. The van der Waals surface area contributed by atoms with Crippen molar-refractivity contribution in [3.8, 4) is 6.07 Å². The molecule has 2 rings (SSSR count). The van der Waals surface area contributed by atoms with Gasteiger partial charge < -0.3 is 0 Å². The first-order valence-corrected chi connectivity index (χ1v) is 5.99. The van der Waals surface area contributed by atoms with E-state index in [4.69, 9.17) is 5.26 Å². The maximum Gasteiger partial charge on any atom is 0.261 e. The highest BCUT2D eigenvalue weighted by Crippen LogP contribution is 2.14. The second-order valence-corrected chi connectivity index (χ2v) is 3.99. The Balaban J connectivity index is 2.01. The largest absolute Gasteiger partial charge is 0.271 e. The van der Waals surface area contributed by atoms with Crippen LogP contribution in [0.1, 0.15) is 17.0 Å². The van der Waals surface area contributed by atoms with Crippen molar-refractivity contribution in [1.82, 2.24) is 10.4 Å². The molecule has 98 valence electrons. The molecule has 0 aliphatic carbocycles. The van der Waals surface area contributed by atoms with Crippen LogP contribution in [0.2, 0.25) is 0 Å². The molecule has 5 nitrogen and oxygen atoms in total. The Morgan fingerprint density at radius 1 is 1.30 bits per heavy atom. The number of carbonyl (C=O) groups excluding carboxylic acids is 1. The predicted molar refractivity (Wildman–Crippen MR) is 74.8 cm³/mol. The summed E-state index contributed by atoms with van der Waals surface area (Å²) in [5.74, 6) is -1.33. The fraction of sp³-hybridized carbons (Fsp3) is 0.0667. The number of aromatic nitrogens is 1. The van der Waals surface area contributed by atoms with Crippen molar-refractivity contribution in [2.45, 2.75) is 5.92 Å². The Morgan fingerprint density at radius 2 is 2.10 bits per heavy atom. The van der Waals surface area contributed by atoms with Gasteiger partial charge in [0.1, 0.15) is 0 Å². The van der Waals surface area contributed by atoms with Crippen molar-refractivity contribution >= 4 is 12.1 Å². The summed E-state index contributed by atoms with van der Waals surface area (Å²) in [6.07, 6.45) is 4.75. The Kier molecular flexibility index (Phi) is 4.57. The quantitative estimate of drug-likeness (QED) is 0.676. The minimum atomic E-state index is -0.873. The van der Waals surface area contributed by atoms with Gasteiger partial charge in [-0.25, -0.2) is 5.43 Å².